The summed E-state index contributed by atoms with van der Waals surface area (Å²) in [5, 5.41) is 3.71. The maximum atomic E-state index is 11.3. The zero-order chi connectivity index (χ0) is 13.4. The Morgan fingerprint density at radius 2 is 2.37 bits per heavy atom. The van der Waals surface area contributed by atoms with E-state index in [0.29, 0.717) is 5.28 Å². The molecule has 1 aromatic heterocycles. The van der Waals surface area contributed by atoms with Crippen molar-refractivity contribution in [2.24, 2.45) is 0 Å². The van der Waals surface area contributed by atoms with Crippen molar-refractivity contribution in [3.8, 4) is 0 Å². The summed E-state index contributed by atoms with van der Waals surface area (Å²) in [6, 6.07) is 0.250. The molecule has 1 fully saturated rings. The number of amides is 1. The lowest BCUT2D eigenvalue weighted by atomic mass is 10.2. The number of carbonyl (C=O) groups is 1. The minimum atomic E-state index is 0.129. The summed E-state index contributed by atoms with van der Waals surface area (Å²) in [4.78, 5) is 22.9. The summed E-state index contributed by atoms with van der Waals surface area (Å²) in [6.07, 6.45) is 1.89. The highest BCUT2D eigenvalue weighted by Gasteiger charge is 2.27. The standard InChI is InChI=1S/C12H15ClN4OS/c1-7(18)17-4-2-8(6-17)14-11-10-9(3-5-19-10)15-12(13)16-11/h8H,2-6H2,1H3,(H,14,15,16)/t8-/m0/s1. The Morgan fingerprint density at radius 3 is 3.11 bits per heavy atom. The van der Waals surface area contributed by atoms with Crippen LogP contribution < -0.4 is 5.32 Å². The number of anilines is 1. The van der Waals surface area contributed by atoms with Crippen LogP contribution in [0.4, 0.5) is 5.82 Å². The molecule has 3 heterocycles. The molecule has 0 bridgehead atoms. The van der Waals surface area contributed by atoms with Gasteiger partial charge in [0.05, 0.1) is 10.6 Å². The van der Waals surface area contributed by atoms with Crippen LogP contribution in [0.3, 0.4) is 0 Å². The minimum Gasteiger partial charge on any atom is -0.364 e. The molecule has 2 aliphatic rings. The van der Waals surface area contributed by atoms with Crippen molar-refractivity contribution < 1.29 is 4.79 Å². The van der Waals surface area contributed by atoms with Gasteiger partial charge in [-0.05, 0) is 18.0 Å². The van der Waals surface area contributed by atoms with Crippen LogP contribution in [0.15, 0.2) is 4.90 Å². The van der Waals surface area contributed by atoms with Gasteiger partial charge in [0.25, 0.3) is 0 Å². The Morgan fingerprint density at radius 1 is 1.53 bits per heavy atom. The van der Waals surface area contributed by atoms with Crippen molar-refractivity contribution >= 4 is 35.1 Å². The molecular formula is C12H15ClN4OS. The minimum absolute atomic E-state index is 0.129. The number of nitrogens with one attached hydrogen (secondary N) is 1. The number of fused-ring (bicyclic) bond motifs is 1. The van der Waals surface area contributed by atoms with E-state index in [1.165, 1.54) is 0 Å². The summed E-state index contributed by atoms with van der Waals surface area (Å²) in [5.41, 5.74) is 1.04. The lowest BCUT2D eigenvalue weighted by molar-refractivity contribution is -0.127. The molecule has 0 unspecified atom stereocenters. The van der Waals surface area contributed by atoms with Crippen LogP contribution in [0, 0.1) is 0 Å². The number of halogens is 1. The van der Waals surface area contributed by atoms with Gasteiger partial charge in [-0.3, -0.25) is 4.79 Å². The fourth-order valence-electron chi connectivity index (χ4n) is 2.49. The normalized spacial score (nSPS) is 21.6. The molecule has 2 aliphatic heterocycles. The van der Waals surface area contributed by atoms with Gasteiger partial charge in [-0.2, -0.15) is 4.98 Å². The molecule has 1 N–H and O–H groups in total. The number of aryl methyl sites for hydroxylation is 1. The Bertz CT molecular complexity index is 525. The van der Waals surface area contributed by atoms with Gasteiger partial charge in [-0.15, -0.1) is 11.8 Å². The third-order valence-corrected chi connectivity index (χ3v) is 4.76. The summed E-state index contributed by atoms with van der Waals surface area (Å²) >= 11 is 7.72. The molecule has 1 atom stereocenters. The molecule has 0 spiro atoms. The van der Waals surface area contributed by atoms with Crippen LogP contribution in [0.2, 0.25) is 5.28 Å². The van der Waals surface area contributed by atoms with E-state index in [2.05, 4.69) is 15.3 Å². The highest BCUT2D eigenvalue weighted by Crippen LogP contribution is 2.36. The smallest absolute Gasteiger partial charge is 0.224 e. The van der Waals surface area contributed by atoms with Gasteiger partial charge in [0.2, 0.25) is 11.2 Å². The van der Waals surface area contributed by atoms with Crippen molar-refractivity contribution in [1.82, 2.24) is 14.9 Å². The molecule has 0 saturated carbocycles. The summed E-state index contributed by atoms with van der Waals surface area (Å²) in [5.74, 6) is 1.99. The predicted octanol–water partition coefficient (Wildman–Crippen LogP) is 1.81. The van der Waals surface area contributed by atoms with Crippen molar-refractivity contribution in [3.63, 3.8) is 0 Å². The lowest BCUT2D eigenvalue weighted by Gasteiger charge is -2.17. The summed E-state index contributed by atoms with van der Waals surface area (Å²) in [7, 11) is 0. The van der Waals surface area contributed by atoms with Crippen LogP contribution >= 0.6 is 23.4 Å². The van der Waals surface area contributed by atoms with E-state index >= 15 is 0 Å². The first kappa shape index (κ1) is 13.0. The van der Waals surface area contributed by atoms with Crippen molar-refractivity contribution in [1.29, 1.82) is 0 Å². The number of hydrogen-bond acceptors (Lipinski definition) is 5. The van der Waals surface area contributed by atoms with E-state index in [-0.39, 0.29) is 11.9 Å². The van der Waals surface area contributed by atoms with Gasteiger partial charge in [0, 0.05) is 38.2 Å². The number of thioether (sulfide) groups is 1. The fourth-order valence-corrected chi connectivity index (χ4v) is 3.73. The molecule has 1 amide bonds. The second-order valence-corrected chi connectivity index (χ2v) is 6.25. The fraction of sp³-hybridized carbons (Fsp3) is 0.583. The van der Waals surface area contributed by atoms with E-state index in [0.717, 1.165) is 48.1 Å². The Balaban J connectivity index is 1.76. The number of nitrogens with zero attached hydrogens (tertiary/aromatic N) is 3. The monoisotopic (exact) mass is 298 g/mol. The van der Waals surface area contributed by atoms with Crippen LogP contribution in [0.5, 0.6) is 0 Å². The number of likely N-dealkylation sites (tertiary alicyclic amines) is 1. The average molecular weight is 299 g/mol. The summed E-state index contributed by atoms with van der Waals surface area (Å²) in [6.45, 7) is 3.15. The molecule has 1 saturated heterocycles. The molecule has 0 aromatic carbocycles. The van der Waals surface area contributed by atoms with Crippen LogP contribution in [0.1, 0.15) is 19.0 Å². The molecule has 0 aliphatic carbocycles. The van der Waals surface area contributed by atoms with Crippen molar-refractivity contribution in [3.05, 3.63) is 11.0 Å². The second kappa shape index (κ2) is 5.17. The van der Waals surface area contributed by atoms with Crippen molar-refractivity contribution in [2.45, 2.75) is 30.7 Å². The van der Waals surface area contributed by atoms with E-state index in [1.807, 2.05) is 4.90 Å². The van der Waals surface area contributed by atoms with Crippen LogP contribution in [-0.4, -0.2) is 45.7 Å². The number of rotatable bonds is 2. The molecule has 102 valence electrons. The molecule has 1 aromatic rings. The van der Waals surface area contributed by atoms with E-state index < -0.39 is 0 Å². The first-order valence-corrected chi connectivity index (χ1v) is 7.71. The van der Waals surface area contributed by atoms with Gasteiger partial charge in [-0.25, -0.2) is 4.98 Å². The number of hydrogen-bond donors (Lipinski definition) is 1. The van der Waals surface area contributed by atoms with Gasteiger partial charge in [-0.1, -0.05) is 0 Å². The van der Waals surface area contributed by atoms with Crippen LogP contribution in [-0.2, 0) is 11.2 Å². The average Bonchev–Trinajstić information content (AvgIpc) is 2.96. The van der Waals surface area contributed by atoms with E-state index in [1.54, 1.807) is 18.7 Å². The quantitative estimate of drug-likeness (QED) is 0.844. The zero-order valence-corrected chi connectivity index (χ0v) is 12.2. The van der Waals surface area contributed by atoms with Gasteiger partial charge >= 0.3 is 0 Å². The molecular weight excluding hydrogens is 284 g/mol. The maximum absolute atomic E-state index is 11.3. The SMILES string of the molecule is CC(=O)N1CC[C@H](Nc2nc(Cl)nc3c2SCC3)C1. The molecule has 0 radical (unpaired) electrons. The third-order valence-electron chi connectivity index (χ3n) is 3.47. The molecule has 7 heteroatoms. The summed E-state index contributed by atoms with van der Waals surface area (Å²) < 4.78 is 0. The Labute approximate surface area is 121 Å². The van der Waals surface area contributed by atoms with Crippen LogP contribution in [0.25, 0.3) is 0 Å². The third kappa shape index (κ3) is 2.65. The first-order chi connectivity index (χ1) is 9.13. The molecule has 3 rings (SSSR count). The molecule has 5 nitrogen and oxygen atoms in total. The maximum Gasteiger partial charge on any atom is 0.224 e. The van der Waals surface area contributed by atoms with E-state index in [9.17, 15) is 4.79 Å². The first-order valence-electron chi connectivity index (χ1n) is 6.35. The van der Waals surface area contributed by atoms with Gasteiger partial charge < -0.3 is 10.2 Å². The predicted molar refractivity (Wildman–Crippen MR) is 75.8 cm³/mol. The number of aromatic nitrogens is 2. The Kier molecular flexibility index (Phi) is 3.54. The largest absolute Gasteiger partial charge is 0.364 e. The second-order valence-electron chi connectivity index (χ2n) is 4.81. The molecule has 19 heavy (non-hydrogen) atoms. The highest BCUT2D eigenvalue weighted by molar-refractivity contribution is 7.99. The van der Waals surface area contributed by atoms with Gasteiger partial charge in [0.1, 0.15) is 5.82 Å². The zero-order valence-electron chi connectivity index (χ0n) is 10.6. The highest BCUT2D eigenvalue weighted by atomic mass is 35.5. The van der Waals surface area contributed by atoms with E-state index in [4.69, 9.17) is 11.6 Å². The van der Waals surface area contributed by atoms with Crippen molar-refractivity contribution in [2.75, 3.05) is 24.2 Å². The number of carbonyl (C=O) groups excluding carboxylic acids is 1. The topological polar surface area (TPSA) is 58.1 Å². The lowest BCUT2D eigenvalue weighted by Crippen LogP contribution is -2.30. The van der Waals surface area contributed by atoms with Gasteiger partial charge in [0.15, 0.2) is 0 Å². The Hall–Kier alpha value is -1.01.